The van der Waals surface area contributed by atoms with Crippen LogP contribution in [0.4, 0.5) is 4.39 Å². The van der Waals surface area contributed by atoms with Gasteiger partial charge in [0.05, 0.1) is 0 Å². The zero-order chi connectivity index (χ0) is 21.5. The fourth-order valence-electron chi connectivity index (χ4n) is 2.69. The summed E-state index contributed by atoms with van der Waals surface area (Å²) in [5.41, 5.74) is 1.34. The molecule has 0 atom stereocenters. The van der Waals surface area contributed by atoms with Gasteiger partial charge in [-0.25, -0.2) is 9.18 Å². The molecule has 0 amide bonds. The minimum atomic E-state index is -0.610. The topological polar surface area (TPSA) is 69.7 Å². The average molecular weight is 406 g/mol. The minimum absolute atomic E-state index is 0.0299. The van der Waals surface area contributed by atoms with Crippen LogP contribution in [0.2, 0.25) is 0 Å². The van der Waals surface area contributed by atoms with E-state index >= 15 is 0 Å². The van der Waals surface area contributed by atoms with Crippen LogP contribution >= 0.6 is 0 Å². The number of ether oxygens (including phenoxy) is 2. The molecule has 6 heteroatoms. The van der Waals surface area contributed by atoms with Gasteiger partial charge in [0.15, 0.2) is 18.2 Å². The van der Waals surface area contributed by atoms with Gasteiger partial charge in [-0.2, -0.15) is 0 Å². The van der Waals surface area contributed by atoms with Crippen molar-refractivity contribution in [1.82, 2.24) is 0 Å². The molecular weight excluding hydrogens is 387 g/mol. The molecule has 0 fully saturated rings. The average Bonchev–Trinajstić information content (AvgIpc) is 2.78. The van der Waals surface area contributed by atoms with E-state index in [0.717, 1.165) is 0 Å². The first kappa shape index (κ1) is 20.9. The van der Waals surface area contributed by atoms with Crippen LogP contribution in [0.25, 0.3) is 0 Å². The number of hydrogen-bond acceptors (Lipinski definition) is 5. The molecule has 0 N–H and O–H groups in total. The summed E-state index contributed by atoms with van der Waals surface area (Å²) < 4.78 is 23.5. The number of rotatable bonds is 8. The molecule has 0 spiro atoms. The molecule has 5 nitrogen and oxygen atoms in total. The molecule has 30 heavy (non-hydrogen) atoms. The molecule has 0 saturated carbocycles. The second kappa shape index (κ2) is 9.60. The highest BCUT2D eigenvalue weighted by atomic mass is 19.1. The van der Waals surface area contributed by atoms with Crippen molar-refractivity contribution in [3.05, 3.63) is 95.3 Å². The Bertz CT molecular complexity index is 1040. The molecule has 0 radical (unpaired) electrons. The van der Waals surface area contributed by atoms with E-state index in [2.05, 4.69) is 0 Å². The van der Waals surface area contributed by atoms with E-state index in [9.17, 15) is 18.8 Å². The Balaban J connectivity index is 1.53. The maximum Gasteiger partial charge on any atom is 0.349 e. The summed E-state index contributed by atoms with van der Waals surface area (Å²) in [5.74, 6) is -0.547. The van der Waals surface area contributed by atoms with Gasteiger partial charge in [-0.15, -0.1) is 0 Å². The third-order valence-electron chi connectivity index (χ3n) is 4.31. The van der Waals surface area contributed by atoms with Crippen molar-refractivity contribution in [3.8, 4) is 11.5 Å². The Morgan fingerprint density at radius 1 is 0.733 bits per heavy atom. The van der Waals surface area contributed by atoms with Crippen molar-refractivity contribution < 1.29 is 28.2 Å². The number of ketones is 2. The lowest BCUT2D eigenvalue weighted by molar-refractivity contribution is -0.136. The third-order valence-corrected chi connectivity index (χ3v) is 4.31. The number of carbonyl (C=O) groups is 3. The van der Waals surface area contributed by atoms with Gasteiger partial charge in [0, 0.05) is 23.1 Å². The van der Waals surface area contributed by atoms with Crippen molar-refractivity contribution in [3.63, 3.8) is 0 Å². The Morgan fingerprint density at radius 2 is 1.23 bits per heavy atom. The number of Topliss-reactive ketones (excluding diaryl/α,β-unsaturated/α-hetero) is 1. The SMILES string of the molecule is CCC(=O)c1ccc(OCC(=O)Oc2ccc(C(=O)c3ccc(F)cc3)cc2)cc1. The van der Waals surface area contributed by atoms with E-state index < -0.39 is 11.8 Å². The van der Waals surface area contributed by atoms with Crippen LogP contribution in [0.15, 0.2) is 72.8 Å². The van der Waals surface area contributed by atoms with Gasteiger partial charge < -0.3 is 9.47 Å². The fraction of sp³-hybridized carbons (Fsp3) is 0.125. The minimum Gasteiger partial charge on any atom is -0.482 e. The smallest absolute Gasteiger partial charge is 0.349 e. The summed E-state index contributed by atoms with van der Waals surface area (Å²) in [6.07, 6.45) is 0.417. The Labute approximate surface area is 173 Å². The van der Waals surface area contributed by atoms with Gasteiger partial charge >= 0.3 is 5.97 Å². The van der Waals surface area contributed by atoms with Crippen molar-refractivity contribution >= 4 is 17.5 Å². The maximum absolute atomic E-state index is 13.0. The number of esters is 1. The molecule has 0 aliphatic carbocycles. The van der Waals surface area contributed by atoms with E-state index in [1.54, 1.807) is 31.2 Å². The number of hydrogen-bond donors (Lipinski definition) is 0. The Kier molecular flexibility index (Phi) is 6.70. The Hall–Kier alpha value is -3.80. The monoisotopic (exact) mass is 406 g/mol. The van der Waals surface area contributed by atoms with Gasteiger partial charge in [0.2, 0.25) is 0 Å². The zero-order valence-electron chi connectivity index (χ0n) is 16.3. The second-order valence-corrected chi connectivity index (χ2v) is 6.42. The molecule has 0 bridgehead atoms. The fourth-order valence-corrected chi connectivity index (χ4v) is 2.69. The normalized spacial score (nSPS) is 10.3. The highest BCUT2D eigenvalue weighted by molar-refractivity contribution is 6.09. The van der Waals surface area contributed by atoms with Crippen molar-refractivity contribution in [2.45, 2.75) is 13.3 Å². The molecule has 0 aromatic heterocycles. The van der Waals surface area contributed by atoms with Gasteiger partial charge in [0.1, 0.15) is 17.3 Å². The molecule has 152 valence electrons. The highest BCUT2D eigenvalue weighted by Crippen LogP contribution is 2.17. The lowest BCUT2D eigenvalue weighted by atomic mass is 10.0. The summed E-state index contributed by atoms with van der Waals surface area (Å²) in [6.45, 7) is 1.48. The number of carbonyl (C=O) groups excluding carboxylic acids is 3. The third kappa shape index (κ3) is 5.38. The van der Waals surface area contributed by atoms with Crippen LogP contribution in [0, 0.1) is 5.82 Å². The summed E-state index contributed by atoms with van der Waals surface area (Å²) in [5, 5.41) is 0. The molecule has 0 aliphatic rings. The molecule has 0 aliphatic heterocycles. The van der Waals surface area contributed by atoms with Crippen LogP contribution in [0.3, 0.4) is 0 Å². The van der Waals surface area contributed by atoms with Gasteiger partial charge in [0.25, 0.3) is 0 Å². The van der Waals surface area contributed by atoms with Crippen LogP contribution < -0.4 is 9.47 Å². The predicted octanol–water partition coefficient (Wildman–Crippen LogP) is 4.63. The van der Waals surface area contributed by atoms with Crippen LogP contribution in [0.5, 0.6) is 11.5 Å². The van der Waals surface area contributed by atoms with Gasteiger partial charge in [-0.3, -0.25) is 9.59 Å². The van der Waals surface area contributed by atoms with E-state index in [1.807, 2.05) is 0 Å². The van der Waals surface area contributed by atoms with E-state index in [-0.39, 0.29) is 23.9 Å². The van der Waals surface area contributed by atoms with Crippen molar-refractivity contribution in [2.24, 2.45) is 0 Å². The maximum atomic E-state index is 13.0. The van der Waals surface area contributed by atoms with Gasteiger partial charge in [-0.05, 0) is 72.8 Å². The lowest BCUT2D eigenvalue weighted by Crippen LogP contribution is -2.17. The Morgan fingerprint density at radius 3 is 1.80 bits per heavy atom. The number of halogens is 1. The van der Waals surface area contributed by atoms with Crippen LogP contribution in [-0.2, 0) is 4.79 Å². The summed E-state index contributed by atoms with van der Waals surface area (Å²) >= 11 is 0. The summed E-state index contributed by atoms with van der Waals surface area (Å²) in [7, 11) is 0. The van der Waals surface area contributed by atoms with Crippen LogP contribution in [-0.4, -0.2) is 24.1 Å². The quantitative estimate of drug-likeness (QED) is 0.310. The molecule has 0 heterocycles. The van der Waals surface area contributed by atoms with E-state index in [4.69, 9.17) is 9.47 Å². The number of benzene rings is 3. The first-order valence-electron chi connectivity index (χ1n) is 9.33. The first-order chi connectivity index (χ1) is 14.5. The molecule has 0 saturated heterocycles. The second-order valence-electron chi connectivity index (χ2n) is 6.42. The molecule has 0 unspecified atom stereocenters. The zero-order valence-corrected chi connectivity index (χ0v) is 16.3. The predicted molar refractivity (Wildman–Crippen MR) is 108 cm³/mol. The van der Waals surface area contributed by atoms with Crippen LogP contribution in [0.1, 0.15) is 39.6 Å². The van der Waals surface area contributed by atoms with Crippen molar-refractivity contribution in [2.75, 3.05) is 6.61 Å². The first-order valence-corrected chi connectivity index (χ1v) is 9.33. The summed E-state index contributed by atoms with van der Waals surface area (Å²) in [6, 6.07) is 17.8. The summed E-state index contributed by atoms with van der Waals surface area (Å²) in [4.78, 5) is 35.9. The molecule has 3 rings (SSSR count). The molecule has 3 aromatic carbocycles. The highest BCUT2D eigenvalue weighted by Gasteiger charge is 2.11. The van der Waals surface area contributed by atoms with Gasteiger partial charge in [-0.1, -0.05) is 6.92 Å². The standard InChI is InChI=1S/C24H19FO5/c1-2-22(26)16-5-11-20(12-6-16)29-15-23(27)30-21-13-7-18(8-14-21)24(28)17-3-9-19(25)10-4-17/h3-14H,2,15H2,1H3. The van der Waals surface area contributed by atoms with E-state index in [0.29, 0.717) is 28.9 Å². The molecule has 3 aromatic rings. The molecular formula is C24H19FO5. The largest absolute Gasteiger partial charge is 0.482 e. The van der Waals surface area contributed by atoms with Crippen molar-refractivity contribution in [1.29, 1.82) is 0 Å². The van der Waals surface area contributed by atoms with E-state index in [1.165, 1.54) is 48.5 Å². The lowest BCUT2D eigenvalue weighted by Gasteiger charge is -2.08.